The summed E-state index contributed by atoms with van der Waals surface area (Å²) in [5.41, 5.74) is 4.71. The first kappa shape index (κ1) is 42.4. The third-order valence-electron chi connectivity index (χ3n) is 12.6. The number of hydrogen-bond donors (Lipinski definition) is 0. The van der Waals surface area contributed by atoms with E-state index in [9.17, 15) is 0 Å². The molecule has 8 aromatic carbocycles. The highest BCUT2D eigenvalue weighted by Crippen LogP contribution is 2.59. The first-order valence-electron chi connectivity index (χ1n) is 21.1. The second kappa shape index (κ2) is 17.7. The molecule has 1 saturated heterocycles. The lowest BCUT2D eigenvalue weighted by Crippen LogP contribution is -3.00. The largest absolute Gasteiger partial charge is 1.00 e. The molecule has 8 heteroatoms. The van der Waals surface area contributed by atoms with Crippen LogP contribution in [0.25, 0.3) is 0 Å². The van der Waals surface area contributed by atoms with E-state index >= 15 is 0 Å². The van der Waals surface area contributed by atoms with Gasteiger partial charge >= 0.3 is 6.03 Å². The predicted octanol–water partition coefficient (Wildman–Crippen LogP) is 2.66. The van der Waals surface area contributed by atoms with Gasteiger partial charge in [-0.25, -0.2) is 0 Å². The van der Waals surface area contributed by atoms with Crippen LogP contribution in [0.4, 0.5) is 0 Å². The molecule has 3 aliphatic heterocycles. The van der Waals surface area contributed by atoms with Crippen LogP contribution in [-0.4, -0.2) is 40.7 Å². The third kappa shape index (κ3) is 7.40. The Morgan fingerprint density at radius 3 is 0.905 bits per heavy atom. The van der Waals surface area contributed by atoms with Crippen molar-refractivity contribution in [2.75, 3.05) is 13.1 Å². The minimum Gasteiger partial charge on any atom is -1.00 e. The molecule has 0 radical (unpaired) electrons. The maximum Gasteiger partial charge on any atom is 0.704 e. The molecule has 0 unspecified atom stereocenters. The molecule has 3 aliphatic rings. The van der Waals surface area contributed by atoms with Gasteiger partial charge in [0.05, 0.1) is 23.5 Å². The van der Waals surface area contributed by atoms with Crippen molar-refractivity contribution in [2.45, 2.75) is 18.4 Å². The molecule has 1 fully saturated rings. The van der Waals surface area contributed by atoms with Crippen molar-refractivity contribution in [1.29, 1.82) is 0 Å². The Balaban J connectivity index is 0.00000252. The highest BCUT2D eigenvalue weighted by molar-refractivity contribution is 7.95. The fourth-order valence-corrected chi connectivity index (χ4v) is 18.2. The average Bonchev–Trinajstić information content (AvgIpc) is 3.69. The van der Waals surface area contributed by atoms with Gasteiger partial charge in [-0.3, -0.25) is 0 Å². The number of ether oxygens (including phenoxy) is 2. The third-order valence-corrected chi connectivity index (χ3v) is 21.3. The number of nitrogens with zero attached hydrogens (tertiary/aromatic N) is 2. The maximum atomic E-state index is 7.01. The van der Waals surface area contributed by atoms with E-state index in [2.05, 4.69) is 240 Å². The van der Waals surface area contributed by atoms with E-state index in [-0.39, 0.29) is 24.8 Å². The van der Waals surface area contributed by atoms with Crippen LogP contribution in [0.1, 0.15) is 22.3 Å². The molecule has 1 spiro atoms. The fourth-order valence-electron chi connectivity index (χ4n) is 9.70. The van der Waals surface area contributed by atoms with Gasteiger partial charge < -0.3 is 34.3 Å². The normalized spacial score (nSPS) is 14.3. The van der Waals surface area contributed by atoms with Gasteiger partial charge in [0, 0.05) is 0 Å². The van der Waals surface area contributed by atoms with Crippen LogP contribution in [0.2, 0.25) is 0 Å². The van der Waals surface area contributed by atoms with Gasteiger partial charge in [-0.2, -0.15) is 0 Å². The molecule has 11 rings (SSSR count). The summed E-state index contributed by atoms with van der Waals surface area (Å²) in [5, 5.41) is 8.25. The zero-order valence-corrected chi connectivity index (χ0v) is 37.9. The summed E-state index contributed by atoms with van der Waals surface area (Å²) in [6.45, 7) is 1.56. The number of halogens is 2. The standard InChI is InChI=1S/C55H46N2O2P2.2ClH/c1-7-19-47(20-8-1)60(48-21-9-2-10-22-48,49-23-11-3-12-24-49)41-43-31-33-53-45(37-43)39-56-35-36-57-40-46-38-44(32-34-54(46)59-55(56,57)58-53)42-61(50-25-13-4-14-26-50,51-27-15-5-16-28-51)52-29-17-6-18-30-52;;/h1-34,37-40H,35-36,41-42H2;2*1H/q+4;;/p-2. The van der Waals surface area contributed by atoms with Crippen LogP contribution in [0.3, 0.4) is 0 Å². The Bertz CT molecular complexity index is 2520. The molecule has 0 atom stereocenters. The number of hydrogen-bond acceptors (Lipinski definition) is 2. The van der Waals surface area contributed by atoms with Crippen molar-refractivity contribution in [3.63, 3.8) is 0 Å². The zero-order valence-electron chi connectivity index (χ0n) is 34.6. The molecule has 3 heterocycles. The summed E-state index contributed by atoms with van der Waals surface area (Å²) in [7, 11) is -4.14. The first-order chi connectivity index (χ1) is 30.1. The molecule has 0 amide bonds. The molecular formula is C55H46Cl2N2O2P2+2. The molecule has 0 bridgehead atoms. The number of fused-ring (bicyclic) bond motifs is 2. The summed E-state index contributed by atoms with van der Waals surface area (Å²) in [5.74, 6) is 1.65. The molecule has 0 saturated carbocycles. The lowest BCUT2D eigenvalue weighted by atomic mass is 10.1. The molecule has 0 N–H and O–H groups in total. The molecule has 4 nitrogen and oxygen atoms in total. The topological polar surface area (TPSA) is 24.5 Å². The maximum absolute atomic E-state index is 7.01. The van der Waals surface area contributed by atoms with Crippen molar-refractivity contribution in [2.24, 2.45) is 0 Å². The Labute approximate surface area is 383 Å². The minimum absolute atomic E-state index is 0. The Morgan fingerprint density at radius 2 is 0.635 bits per heavy atom. The Kier molecular flexibility index (Phi) is 11.9. The van der Waals surface area contributed by atoms with Crippen LogP contribution in [0.5, 0.6) is 11.5 Å². The Hall–Kier alpha value is -5.86. The van der Waals surface area contributed by atoms with Gasteiger partial charge in [-0.15, -0.1) is 0 Å². The average molecular weight is 900 g/mol. The van der Waals surface area contributed by atoms with Crippen molar-refractivity contribution in [3.8, 4) is 11.5 Å². The predicted molar refractivity (Wildman–Crippen MR) is 255 cm³/mol. The van der Waals surface area contributed by atoms with Gasteiger partial charge in [-0.1, -0.05) is 130 Å². The van der Waals surface area contributed by atoms with E-state index in [1.807, 2.05) is 0 Å². The number of benzene rings is 8. The highest BCUT2D eigenvalue weighted by atomic mass is 35.5. The van der Waals surface area contributed by atoms with Crippen LogP contribution < -0.4 is 66.1 Å². The van der Waals surface area contributed by atoms with Crippen molar-refractivity contribution < 1.29 is 43.4 Å². The van der Waals surface area contributed by atoms with Crippen LogP contribution in [0, 0.1) is 0 Å². The van der Waals surface area contributed by atoms with Gasteiger partial charge in [-0.05, 0) is 108 Å². The van der Waals surface area contributed by atoms with Gasteiger partial charge in [0.25, 0.3) is 0 Å². The summed E-state index contributed by atoms with van der Waals surface area (Å²) in [6, 6.07) is 79.0. The quantitative estimate of drug-likeness (QED) is 0.156. The van der Waals surface area contributed by atoms with Crippen LogP contribution >= 0.6 is 14.5 Å². The van der Waals surface area contributed by atoms with E-state index in [1.54, 1.807) is 0 Å². The van der Waals surface area contributed by atoms with Gasteiger partial charge in [0.15, 0.2) is 23.9 Å². The van der Waals surface area contributed by atoms with Crippen LogP contribution in [0.15, 0.2) is 218 Å². The zero-order chi connectivity index (χ0) is 40.7. The second-order valence-corrected chi connectivity index (χ2v) is 23.1. The molecule has 310 valence electrons. The molecule has 0 aromatic heterocycles. The van der Waals surface area contributed by atoms with E-state index in [1.165, 1.54) is 43.0 Å². The van der Waals surface area contributed by atoms with Gasteiger partial charge in [0.2, 0.25) is 13.1 Å². The summed E-state index contributed by atoms with van der Waals surface area (Å²) < 4.78 is 18.5. The monoisotopic (exact) mass is 898 g/mol. The molecule has 63 heavy (non-hydrogen) atoms. The lowest BCUT2D eigenvalue weighted by molar-refractivity contribution is -0.855. The van der Waals surface area contributed by atoms with Crippen molar-refractivity contribution in [1.82, 2.24) is 0 Å². The fraction of sp³-hybridized carbons (Fsp3) is 0.0909. The van der Waals surface area contributed by atoms with Crippen molar-refractivity contribution >= 4 is 58.8 Å². The molecule has 0 aliphatic carbocycles. The molecular weight excluding hydrogens is 853 g/mol. The van der Waals surface area contributed by atoms with E-state index < -0.39 is 20.6 Å². The Morgan fingerprint density at radius 1 is 0.365 bits per heavy atom. The van der Waals surface area contributed by atoms with E-state index in [4.69, 9.17) is 9.47 Å². The SMILES string of the molecule is C1=[N+]2CC[N+]3=Cc4cc(C[P+](c5ccccc5)(c5ccccc5)c5ccccc5)ccc4OC23Oc2ccc(C[P+](c3ccccc3)(c3ccccc3)c3ccccc3)cc21.[Cl-].[Cl-]. The summed E-state index contributed by atoms with van der Waals surface area (Å²) in [6.07, 6.45) is 6.29. The second-order valence-electron chi connectivity index (χ2n) is 16.1. The lowest BCUT2D eigenvalue weighted by Gasteiger charge is -2.29. The molecule has 8 aromatic rings. The minimum atomic E-state index is -2.07. The van der Waals surface area contributed by atoms with E-state index in [0.29, 0.717) is 0 Å². The summed E-state index contributed by atoms with van der Waals surface area (Å²) >= 11 is 0. The van der Waals surface area contributed by atoms with E-state index in [0.717, 1.165) is 48.0 Å². The smallest absolute Gasteiger partial charge is 0.704 e. The summed E-state index contributed by atoms with van der Waals surface area (Å²) in [4.78, 5) is 0. The van der Waals surface area contributed by atoms with Crippen LogP contribution in [-0.2, 0) is 12.3 Å². The van der Waals surface area contributed by atoms with Gasteiger partial charge in [0.1, 0.15) is 46.4 Å². The first-order valence-corrected chi connectivity index (χ1v) is 25.1. The highest BCUT2D eigenvalue weighted by Gasteiger charge is 2.68. The van der Waals surface area contributed by atoms with Crippen molar-refractivity contribution in [3.05, 3.63) is 241 Å². The number of rotatable bonds is 10.